The Kier molecular flexibility index (Phi) is 3.65. The molecule has 1 heterocycles. The summed E-state index contributed by atoms with van der Waals surface area (Å²) in [5.74, 6) is 2.06. The molecule has 1 aliphatic heterocycles. The van der Waals surface area contributed by atoms with Gasteiger partial charge in [-0.2, -0.15) is 0 Å². The van der Waals surface area contributed by atoms with Crippen LogP contribution in [0.5, 0.6) is 0 Å². The van der Waals surface area contributed by atoms with Crippen molar-refractivity contribution in [3.8, 4) is 0 Å². The second-order valence-corrected chi connectivity index (χ2v) is 6.78. The van der Waals surface area contributed by atoms with Crippen molar-refractivity contribution in [1.82, 2.24) is 0 Å². The molecule has 1 fully saturated rings. The Hall–Kier alpha value is -0.280. The van der Waals surface area contributed by atoms with Crippen molar-refractivity contribution in [1.29, 1.82) is 0 Å². The Morgan fingerprint density at radius 1 is 1.36 bits per heavy atom. The molecule has 1 aliphatic rings. The van der Waals surface area contributed by atoms with Gasteiger partial charge in [-0.15, -0.1) is 11.8 Å². The molecule has 76 valence electrons. The number of hydrogen-bond donors (Lipinski definition) is 0. The summed E-state index contributed by atoms with van der Waals surface area (Å²) >= 11 is 1.87. The average Bonchev–Trinajstić information content (AvgIpc) is 2.23. The van der Waals surface area contributed by atoms with E-state index in [0.29, 0.717) is 4.58 Å². The van der Waals surface area contributed by atoms with E-state index >= 15 is 0 Å². The van der Waals surface area contributed by atoms with E-state index in [9.17, 15) is 4.21 Å². The molecule has 0 amide bonds. The van der Waals surface area contributed by atoms with Crippen LogP contribution in [0.3, 0.4) is 0 Å². The van der Waals surface area contributed by atoms with Crippen LogP contribution in [0.25, 0.3) is 0 Å². The number of benzene rings is 1. The van der Waals surface area contributed by atoms with Gasteiger partial charge in [-0.25, -0.2) is 0 Å². The Morgan fingerprint density at radius 3 is 2.86 bits per heavy atom. The molecule has 2 rings (SSSR count). The van der Waals surface area contributed by atoms with Crippen molar-refractivity contribution in [2.75, 3.05) is 11.5 Å². The zero-order valence-electron chi connectivity index (χ0n) is 8.02. The summed E-state index contributed by atoms with van der Waals surface area (Å²) in [5.41, 5.74) is 1.31. The maximum absolute atomic E-state index is 11.7. The minimum Gasteiger partial charge on any atom is -0.258 e. The second kappa shape index (κ2) is 4.99. The molecule has 3 heteroatoms. The third-order valence-electron chi connectivity index (χ3n) is 2.33. The van der Waals surface area contributed by atoms with Gasteiger partial charge in [0.25, 0.3) is 0 Å². The lowest BCUT2D eigenvalue weighted by atomic mass is 10.2. The highest BCUT2D eigenvalue weighted by Gasteiger charge is 2.21. The zero-order valence-corrected chi connectivity index (χ0v) is 9.65. The molecule has 0 aliphatic carbocycles. The summed E-state index contributed by atoms with van der Waals surface area (Å²) in [7, 11) is -0.616. The number of hydrogen-bond acceptors (Lipinski definition) is 2. The van der Waals surface area contributed by atoms with Crippen LogP contribution in [-0.4, -0.2) is 20.3 Å². The molecule has 0 radical (unpaired) electrons. The third kappa shape index (κ3) is 2.61. The highest BCUT2D eigenvalue weighted by atomic mass is 32.2. The van der Waals surface area contributed by atoms with Crippen molar-refractivity contribution >= 4 is 22.6 Å². The van der Waals surface area contributed by atoms with Crippen molar-refractivity contribution < 1.29 is 4.21 Å². The summed E-state index contributed by atoms with van der Waals surface area (Å²) in [4.78, 5) is 0. The van der Waals surface area contributed by atoms with Crippen LogP contribution in [0.15, 0.2) is 30.3 Å². The normalized spacial score (nSPS) is 27.4. The Morgan fingerprint density at radius 2 is 2.14 bits per heavy atom. The minimum atomic E-state index is -0.616. The van der Waals surface area contributed by atoms with Gasteiger partial charge in [-0.3, -0.25) is 4.21 Å². The van der Waals surface area contributed by atoms with Gasteiger partial charge in [-0.1, -0.05) is 30.3 Å². The van der Waals surface area contributed by atoms with Crippen LogP contribution in [-0.2, 0) is 17.2 Å². The standard InChI is InChI=1S/C11H14OS2/c12-14-8-4-7-13-11(14)9-10-5-2-1-3-6-10/h1-3,5-6,11H,4,7-9H2. The molecule has 2 unspecified atom stereocenters. The first-order valence-corrected chi connectivity index (χ1v) is 7.32. The molecule has 2 atom stereocenters. The van der Waals surface area contributed by atoms with E-state index in [1.807, 2.05) is 30.0 Å². The van der Waals surface area contributed by atoms with Gasteiger partial charge in [0, 0.05) is 16.6 Å². The predicted octanol–water partition coefficient (Wildman–Crippen LogP) is 2.44. The molecule has 1 aromatic carbocycles. The van der Waals surface area contributed by atoms with Gasteiger partial charge in [0.1, 0.15) is 0 Å². The molecule has 1 saturated heterocycles. The molecular weight excluding hydrogens is 212 g/mol. The Balaban J connectivity index is 2.00. The maximum atomic E-state index is 11.7. The summed E-state index contributed by atoms with van der Waals surface area (Å²) in [6, 6.07) is 10.4. The molecular formula is C11H14OS2. The van der Waals surface area contributed by atoms with E-state index < -0.39 is 10.8 Å². The molecule has 0 aromatic heterocycles. The van der Waals surface area contributed by atoms with E-state index in [-0.39, 0.29) is 0 Å². The molecule has 1 aromatic rings. The molecule has 0 N–H and O–H groups in total. The van der Waals surface area contributed by atoms with Crippen molar-refractivity contribution in [2.24, 2.45) is 0 Å². The summed E-state index contributed by atoms with van der Waals surface area (Å²) in [6.07, 6.45) is 2.07. The first kappa shape index (κ1) is 10.2. The summed E-state index contributed by atoms with van der Waals surface area (Å²) in [5, 5.41) is 0. The fourth-order valence-electron chi connectivity index (χ4n) is 1.58. The lowest BCUT2D eigenvalue weighted by Crippen LogP contribution is -2.22. The van der Waals surface area contributed by atoms with Gasteiger partial charge < -0.3 is 0 Å². The molecule has 14 heavy (non-hydrogen) atoms. The quantitative estimate of drug-likeness (QED) is 0.770. The number of thioether (sulfide) groups is 1. The smallest absolute Gasteiger partial charge is 0.0841 e. The van der Waals surface area contributed by atoms with E-state index in [4.69, 9.17) is 0 Å². The summed E-state index contributed by atoms with van der Waals surface area (Å²) in [6.45, 7) is 0. The fourth-order valence-corrected chi connectivity index (χ4v) is 4.90. The lowest BCUT2D eigenvalue weighted by Gasteiger charge is -2.20. The molecule has 0 bridgehead atoms. The van der Waals surface area contributed by atoms with Gasteiger partial charge in [0.05, 0.1) is 4.58 Å². The highest BCUT2D eigenvalue weighted by Crippen LogP contribution is 2.25. The fraction of sp³-hybridized carbons (Fsp3) is 0.455. The van der Waals surface area contributed by atoms with Crippen LogP contribution < -0.4 is 0 Å². The second-order valence-electron chi connectivity index (χ2n) is 3.43. The van der Waals surface area contributed by atoms with Gasteiger partial charge in [0.2, 0.25) is 0 Å². The lowest BCUT2D eigenvalue weighted by molar-refractivity contribution is 0.677. The van der Waals surface area contributed by atoms with Crippen LogP contribution in [0, 0.1) is 0 Å². The van der Waals surface area contributed by atoms with Gasteiger partial charge >= 0.3 is 0 Å². The maximum Gasteiger partial charge on any atom is 0.0841 e. The monoisotopic (exact) mass is 226 g/mol. The predicted molar refractivity (Wildman–Crippen MR) is 64.0 cm³/mol. The average molecular weight is 226 g/mol. The van der Waals surface area contributed by atoms with Crippen LogP contribution in [0.1, 0.15) is 12.0 Å². The molecule has 0 saturated carbocycles. The third-order valence-corrected chi connectivity index (χ3v) is 5.89. The van der Waals surface area contributed by atoms with E-state index in [0.717, 1.165) is 18.6 Å². The van der Waals surface area contributed by atoms with Crippen LogP contribution >= 0.6 is 11.8 Å². The highest BCUT2D eigenvalue weighted by molar-refractivity contribution is 8.11. The van der Waals surface area contributed by atoms with Crippen LogP contribution in [0.2, 0.25) is 0 Å². The van der Waals surface area contributed by atoms with Crippen molar-refractivity contribution in [3.05, 3.63) is 35.9 Å². The minimum absolute atomic E-state index is 0.325. The van der Waals surface area contributed by atoms with Gasteiger partial charge in [0.15, 0.2) is 0 Å². The number of rotatable bonds is 2. The summed E-state index contributed by atoms with van der Waals surface area (Å²) < 4.78 is 12.0. The van der Waals surface area contributed by atoms with E-state index in [2.05, 4.69) is 12.1 Å². The topological polar surface area (TPSA) is 17.1 Å². The zero-order chi connectivity index (χ0) is 9.80. The first-order valence-electron chi connectivity index (χ1n) is 4.89. The van der Waals surface area contributed by atoms with E-state index in [1.54, 1.807) is 0 Å². The molecule has 0 spiro atoms. The Bertz CT molecular complexity index is 310. The Labute approximate surface area is 91.7 Å². The van der Waals surface area contributed by atoms with E-state index in [1.165, 1.54) is 11.3 Å². The van der Waals surface area contributed by atoms with Crippen LogP contribution in [0.4, 0.5) is 0 Å². The molecule has 1 nitrogen and oxygen atoms in total. The SMILES string of the molecule is O=S1CCCSC1Cc1ccccc1. The van der Waals surface area contributed by atoms with Crippen molar-refractivity contribution in [3.63, 3.8) is 0 Å². The largest absolute Gasteiger partial charge is 0.258 e. The van der Waals surface area contributed by atoms with Gasteiger partial charge in [-0.05, 0) is 24.2 Å². The first-order chi connectivity index (χ1) is 6.86. The van der Waals surface area contributed by atoms with Crippen molar-refractivity contribution in [2.45, 2.75) is 17.4 Å².